The van der Waals surface area contributed by atoms with Gasteiger partial charge >= 0.3 is 0 Å². The molecule has 2 aromatic heterocycles. The van der Waals surface area contributed by atoms with E-state index in [1.54, 1.807) is 6.20 Å². The summed E-state index contributed by atoms with van der Waals surface area (Å²) in [7, 11) is 1.93. The first kappa shape index (κ1) is 14.0. The van der Waals surface area contributed by atoms with Crippen molar-refractivity contribution in [2.45, 2.75) is 12.5 Å². The van der Waals surface area contributed by atoms with Gasteiger partial charge in [0.05, 0.1) is 22.3 Å². The lowest BCUT2D eigenvalue weighted by atomic mass is 10.1. The Kier molecular flexibility index (Phi) is 4.13. The van der Waals surface area contributed by atoms with E-state index in [9.17, 15) is 0 Å². The van der Waals surface area contributed by atoms with Crippen molar-refractivity contribution >= 4 is 22.5 Å². The molecule has 0 amide bonds. The van der Waals surface area contributed by atoms with Crippen molar-refractivity contribution in [1.82, 2.24) is 15.3 Å². The topological polar surface area (TPSA) is 37.8 Å². The summed E-state index contributed by atoms with van der Waals surface area (Å²) in [4.78, 5) is 9.10. The number of pyridine rings is 2. The molecule has 21 heavy (non-hydrogen) atoms. The smallest absolute Gasteiger partial charge is 0.0705 e. The second-order valence-electron chi connectivity index (χ2n) is 4.94. The van der Waals surface area contributed by atoms with Gasteiger partial charge < -0.3 is 5.32 Å². The zero-order valence-electron chi connectivity index (χ0n) is 11.8. The van der Waals surface area contributed by atoms with Gasteiger partial charge in [-0.3, -0.25) is 9.97 Å². The molecule has 2 heterocycles. The van der Waals surface area contributed by atoms with E-state index in [4.69, 9.17) is 16.6 Å². The van der Waals surface area contributed by atoms with Crippen LogP contribution >= 0.6 is 11.6 Å². The van der Waals surface area contributed by atoms with Crippen LogP contribution in [0.3, 0.4) is 0 Å². The summed E-state index contributed by atoms with van der Waals surface area (Å²) in [6, 6.07) is 16.3. The standard InChI is InChI=1S/C17H16ClN3/c1-19-17(16-9-7-13(18)11-20-16)10-14-8-6-12-4-2-3-5-15(12)21-14/h2-9,11,17,19H,10H2,1H3. The second-order valence-corrected chi connectivity index (χ2v) is 5.38. The SMILES string of the molecule is CNC(Cc1ccc2ccccc2n1)c1ccc(Cl)cn1. The van der Waals surface area contributed by atoms with Crippen molar-refractivity contribution in [2.24, 2.45) is 0 Å². The maximum atomic E-state index is 5.89. The molecule has 3 aromatic rings. The number of likely N-dealkylation sites (N-methyl/N-ethyl adjacent to an activating group) is 1. The number of rotatable bonds is 4. The molecule has 0 bridgehead atoms. The fraction of sp³-hybridized carbons (Fsp3) is 0.176. The summed E-state index contributed by atoms with van der Waals surface area (Å²) in [5.41, 5.74) is 3.04. The Morgan fingerprint density at radius 3 is 2.71 bits per heavy atom. The molecule has 106 valence electrons. The monoisotopic (exact) mass is 297 g/mol. The van der Waals surface area contributed by atoms with Crippen LogP contribution < -0.4 is 5.32 Å². The van der Waals surface area contributed by atoms with Gasteiger partial charge in [-0.25, -0.2) is 0 Å². The summed E-state index contributed by atoms with van der Waals surface area (Å²) in [6.07, 6.45) is 2.46. The van der Waals surface area contributed by atoms with Crippen molar-refractivity contribution in [3.8, 4) is 0 Å². The lowest BCUT2D eigenvalue weighted by Gasteiger charge is -2.15. The number of benzene rings is 1. The maximum absolute atomic E-state index is 5.89. The van der Waals surface area contributed by atoms with Crippen LogP contribution in [0.5, 0.6) is 0 Å². The molecule has 3 rings (SSSR count). The lowest BCUT2D eigenvalue weighted by Crippen LogP contribution is -2.20. The highest BCUT2D eigenvalue weighted by atomic mass is 35.5. The quantitative estimate of drug-likeness (QED) is 0.796. The first-order valence-electron chi connectivity index (χ1n) is 6.89. The number of fused-ring (bicyclic) bond motifs is 1. The number of hydrogen-bond acceptors (Lipinski definition) is 3. The van der Waals surface area contributed by atoms with Crippen LogP contribution in [0.1, 0.15) is 17.4 Å². The zero-order valence-corrected chi connectivity index (χ0v) is 12.5. The zero-order chi connectivity index (χ0) is 14.7. The molecule has 0 radical (unpaired) electrons. The van der Waals surface area contributed by atoms with E-state index in [-0.39, 0.29) is 6.04 Å². The van der Waals surface area contributed by atoms with Gasteiger partial charge in [-0.1, -0.05) is 35.9 Å². The van der Waals surface area contributed by atoms with Gasteiger partial charge in [0.2, 0.25) is 0 Å². The van der Waals surface area contributed by atoms with Crippen molar-refractivity contribution in [1.29, 1.82) is 0 Å². The summed E-state index contributed by atoms with van der Waals surface area (Å²) in [6.45, 7) is 0. The van der Waals surface area contributed by atoms with Gasteiger partial charge in [0.1, 0.15) is 0 Å². The van der Waals surface area contributed by atoms with E-state index >= 15 is 0 Å². The molecule has 1 unspecified atom stereocenters. The van der Waals surface area contributed by atoms with Gasteiger partial charge in [-0.2, -0.15) is 0 Å². The van der Waals surface area contributed by atoms with E-state index < -0.39 is 0 Å². The first-order chi connectivity index (χ1) is 10.3. The Labute approximate surface area is 129 Å². The number of para-hydroxylation sites is 1. The molecule has 1 N–H and O–H groups in total. The summed E-state index contributed by atoms with van der Waals surface area (Å²) in [5.74, 6) is 0. The lowest BCUT2D eigenvalue weighted by molar-refractivity contribution is 0.570. The number of nitrogens with zero attached hydrogens (tertiary/aromatic N) is 2. The molecule has 1 aromatic carbocycles. The highest BCUT2D eigenvalue weighted by Gasteiger charge is 2.12. The van der Waals surface area contributed by atoms with Crippen LogP contribution in [0.25, 0.3) is 10.9 Å². The molecular weight excluding hydrogens is 282 g/mol. The molecule has 0 saturated heterocycles. The van der Waals surface area contributed by atoms with Crippen LogP contribution in [-0.2, 0) is 6.42 Å². The summed E-state index contributed by atoms with van der Waals surface area (Å²) >= 11 is 5.89. The molecule has 4 heteroatoms. The van der Waals surface area contributed by atoms with Crippen molar-refractivity contribution < 1.29 is 0 Å². The molecule has 1 atom stereocenters. The Balaban J connectivity index is 1.86. The van der Waals surface area contributed by atoms with E-state index in [2.05, 4.69) is 28.5 Å². The Bertz CT molecular complexity index is 740. The van der Waals surface area contributed by atoms with Crippen molar-refractivity contribution in [3.63, 3.8) is 0 Å². The minimum Gasteiger partial charge on any atom is -0.311 e. The predicted octanol–water partition coefficient (Wildman–Crippen LogP) is 3.79. The van der Waals surface area contributed by atoms with Crippen LogP contribution in [0.4, 0.5) is 0 Å². The minimum atomic E-state index is 0.121. The number of nitrogens with one attached hydrogen (secondary N) is 1. The number of hydrogen-bond donors (Lipinski definition) is 1. The molecule has 0 fully saturated rings. The molecule has 0 spiro atoms. The van der Waals surface area contributed by atoms with Gasteiger partial charge in [-0.05, 0) is 31.3 Å². The van der Waals surface area contributed by atoms with Crippen molar-refractivity contribution in [2.75, 3.05) is 7.05 Å². The van der Waals surface area contributed by atoms with Gasteiger partial charge in [-0.15, -0.1) is 0 Å². The second kappa shape index (κ2) is 6.20. The molecule has 0 aliphatic heterocycles. The first-order valence-corrected chi connectivity index (χ1v) is 7.27. The largest absolute Gasteiger partial charge is 0.311 e. The highest BCUT2D eigenvalue weighted by Crippen LogP contribution is 2.19. The van der Waals surface area contributed by atoms with Crippen LogP contribution in [0, 0.1) is 0 Å². The van der Waals surface area contributed by atoms with Crippen LogP contribution in [0.2, 0.25) is 5.02 Å². The Morgan fingerprint density at radius 1 is 1.10 bits per heavy atom. The molecule has 0 aliphatic rings. The molecular formula is C17H16ClN3. The molecule has 0 aliphatic carbocycles. The average Bonchev–Trinajstić information content (AvgIpc) is 2.53. The third-order valence-electron chi connectivity index (χ3n) is 3.53. The van der Waals surface area contributed by atoms with Crippen LogP contribution in [-0.4, -0.2) is 17.0 Å². The Morgan fingerprint density at radius 2 is 1.95 bits per heavy atom. The normalized spacial score (nSPS) is 12.5. The molecule has 3 nitrogen and oxygen atoms in total. The van der Waals surface area contributed by atoms with Gasteiger partial charge in [0.15, 0.2) is 0 Å². The van der Waals surface area contributed by atoms with Crippen LogP contribution in [0.15, 0.2) is 54.7 Å². The van der Waals surface area contributed by atoms with E-state index in [0.717, 1.165) is 28.7 Å². The summed E-state index contributed by atoms with van der Waals surface area (Å²) < 4.78 is 0. The minimum absolute atomic E-state index is 0.121. The van der Waals surface area contributed by atoms with Crippen molar-refractivity contribution in [3.05, 3.63) is 71.1 Å². The number of aromatic nitrogens is 2. The third kappa shape index (κ3) is 3.20. The third-order valence-corrected chi connectivity index (χ3v) is 3.75. The molecule has 0 saturated carbocycles. The highest BCUT2D eigenvalue weighted by molar-refractivity contribution is 6.30. The van der Waals surface area contributed by atoms with E-state index in [0.29, 0.717) is 5.02 Å². The van der Waals surface area contributed by atoms with E-state index in [1.807, 2.05) is 37.4 Å². The van der Waals surface area contributed by atoms with E-state index in [1.165, 1.54) is 0 Å². The van der Waals surface area contributed by atoms with Gasteiger partial charge in [0.25, 0.3) is 0 Å². The fourth-order valence-corrected chi connectivity index (χ4v) is 2.49. The average molecular weight is 298 g/mol. The maximum Gasteiger partial charge on any atom is 0.0705 e. The predicted molar refractivity (Wildman–Crippen MR) is 86.5 cm³/mol. The Hall–Kier alpha value is -1.97. The summed E-state index contributed by atoms with van der Waals surface area (Å²) in [5, 5.41) is 5.10. The number of halogens is 1. The fourth-order valence-electron chi connectivity index (χ4n) is 2.38. The van der Waals surface area contributed by atoms with Gasteiger partial charge in [0, 0.05) is 23.7 Å².